The minimum atomic E-state index is -1.04. The molecule has 254 valence electrons. The summed E-state index contributed by atoms with van der Waals surface area (Å²) in [6, 6.07) is 17.1. The van der Waals surface area contributed by atoms with Gasteiger partial charge in [0.2, 0.25) is 0 Å². The average Bonchev–Trinajstić information content (AvgIpc) is 3.79. The Labute approximate surface area is 281 Å². The number of benzene rings is 2. The summed E-state index contributed by atoms with van der Waals surface area (Å²) in [4.78, 5) is 39.7. The number of nitrogens with one attached hydrogen (secondary N) is 1. The second-order valence-electron chi connectivity index (χ2n) is 13.3. The zero-order chi connectivity index (χ0) is 33.3. The molecule has 7 rings (SSSR count). The van der Waals surface area contributed by atoms with Crippen molar-refractivity contribution in [3.05, 3.63) is 78.5 Å². The molecule has 2 amide bonds. The Morgan fingerprint density at radius 3 is 2.69 bits per heavy atom. The molecule has 4 heterocycles. The molecule has 3 atom stereocenters. The molecule has 1 aromatic heterocycles. The fourth-order valence-corrected chi connectivity index (χ4v) is 7.67. The lowest BCUT2D eigenvalue weighted by Crippen LogP contribution is -2.54. The van der Waals surface area contributed by atoms with Crippen molar-refractivity contribution < 1.29 is 24.2 Å². The first kappa shape index (κ1) is 32.2. The van der Waals surface area contributed by atoms with Gasteiger partial charge < -0.3 is 39.2 Å². The molecule has 2 N–H and O–H groups in total. The van der Waals surface area contributed by atoms with Crippen molar-refractivity contribution in [2.24, 2.45) is 0 Å². The molecule has 12 nitrogen and oxygen atoms in total. The Morgan fingerprint density at radius 1 is 1.10 bits per heavy atom. The van der Waals surface area contributed by atoms with E-state index < -0.39 is 5.60 Å². The summed E-state index contributed by atoms with van der Waals surface area (Å²) in [5.41, 5.74) is 2.54. The van der Waals surface area contributed by atoms with Gasteiger partial charge in [-0.05, 0) is 37.1 Å². The highest BCUT2D eigenvalue weighted by Gasteiger charge is 2.42. The largest absolute Gasteiger partial charge is 0.494 e. The third-order valence-corrected chi connectivity index (χ3v) is 10.1. The molecule has 1 aliphatic carbocycles. The molecule has 2 saturated heterocycles. The van der Waals surface area contributed by atoms with Crippen LogP contribution in [0, 0.1) is 0 Å². The van der Waals surface area contributed by atoms with Crippen LogP contribution in [0.3, 0.4) is 0 Å². The fourth-order valence-electron chi connectivity index (χ4n) is 7.67. The molecule has 3 aromatic rings. The number of fused-ring (bicyclic) bond motifs is 1. The lowest BCUT2D eigenvalue weighted by atomic mass is 9.80. The highest BCUT2D eigenvalue weighted by molar-refractivity contribution is 6.07. The van der Waals surface area contributed by atoms with Crippen LogP contribution in [0.1, 0.15) is 48.6 Å². The van der Waals surface area contributed by atoms with Crippen LogP contribution in [0.15, 0.2) is 72.8 Å². The van der Waals surface area contributed by atoms with E-state index in [4.69, 9.17) is 14.5 Å². The molecule has 48 heavy (non-hydrogen) atoms. The van der Waals surface area contributed by atoms with E-state index >= 15 is 0 Å². The van der Waals surface area contributed by atoms with Crippen molar-refractivity contribution in [2.75, 3.05) is 65.2 Å². The highest BCUT2D eigenvalue weighted by atomic mass is 16.5. The summed E-state index contributed by atoms with van der Waals surface area (Å²) in [7, 11) is 3.58. The number of aliphatic hydroxyl groups is 1. The number of hydrogen-bond acceptors (Lipinski definition) is 9. The van der Waals surface area contributed by atoms with Crippen molar-refractivity contribution in [3.8, 4) is 17.0 Å². The standard InChI is InChI=1S/C36H45N7O5/c1-39-21-30-34(44)43(25-40(30)24-39)27-11-13-29(14-12-27)48-19-15-28-20-37-17-18-41(28)35(45)32-33(26-8-4-3-5-9-26)42(23-38-32)31-10-6-7-16-36(31,46)22-47-2/h3-5,8-9,11-14,21,23,28,31,37,46H,6-7,10,15-20,22,24-25H2,1-2H3/t28-,31-,36-/m1/s1. The number of amides is 2. The van der Waals surface area contributed by atoms with E-state index in [0.29, 0.717) is 63.9 Å². The number of ether oxygens (including phenoxy) is 2. The summed E-state index contributed by atoms with van der Waals surface area (Å²) in [6.07, 6.45) is 7.58. The zero-order valence-corrected chi connectivity index (χ0v) is 27.8. The van der Waals surface area contributed by atoms with E-state index in [1.165, 1.54) is 0 Å². The number of nitrogens with zero attached hydrogens (tertiary/aromatic N) is 6. The van der Waals surface area contributed by atoms with Gasteiger partial charge in [-0.3, -0.25) is 14.5 Å². The summed E-state index contributed by atoms with van der Waals surface area (Å²) in [5, 5.41) is 15.1. The fraction of sp³-hybridized carbons (Fsp3) is 0.472. The topological polar surface area (TPSA) is 116 Å². The van der Waals surface area contributed by atoms with Gasteiger partial charge in [0.05, 0.1) is 37.9 Å². The van der Waals surface area contributed by atoms with Crippen LogP contribution >= 0.6 is 0 Å². The molecule has 0 unspecified atom stereocenters. The average molecular weight is 656 g/mol. The van der Waals surface area contributed by atoms with Gasteiger partial charge in [-0.1, -0.05) is 43.2 Å². The molecule has 0 radical (unpaired) electrons. The number of methoxy groups -OCH3 is 1. The Morgan fingerprint density at radius 2 is 1.92 bits per heavy atom. The van der Waals surface area contributed by atoms with Crippen molar-refractivity contribution in [2.45, 2.75) is 49.8 Å². The molecule has 12 heteroatoms. The Kier molecular flexibility index (Phi) is 9.13. The van der Waals surface area contributed by atoms with Crippen LogP contribution in [0.2, 0.25) is 0 Å². The first-order valence-corrected chi connectivity index (χ1v) is 16.9. The normalized spacial score (nSPS) is 24.2. The minimum Gasteiger partial charge on any atom is -0.494 e. The molecule has 1 saturated carbocycles. The van der Waals surface area contributed by atoms with Gasteiger partial charge in [0, 0.05) is 63.7 Å². The highest BCUT2D eigenvalue weighted by Crippen LogP contribution is 2.41. The van der Waals surface area contributed by atoms with Crippen LogP contribution in [-0.2, 0) is 9.53 Å². The first-order valence-electron chi connectivity index (χ1n) is 16.9. The van der Waals surface area contributed by atoms with Gasteiger partial charge in [0.15, 0.2) is 5.69 Å². The number of aromatic nitrogens is 2. The maximum atomic E-state index is 14.4. The number of carbonyl (C=O) groups is 2. The minimum absolute atomic E-state index is 0.00670. The zero-order valence-electron chi connectivity index (χ0n) is 27.8. The molecule has 4 aliphatic rings. The quantitative estimate of drug-likeness (QED) is 0.340. The van der Waals surface area contributed by atoms with E-state index in [9.17, 15) is 14.7 Å². The molecule has 0 bridgehead atoms. The van der Waals surface area contributed by atoms with Gasteiger partial charge in [-0.15, -0.1) is 0 Å². The number of imidazole rings is 1. The third kappa shape index (κ3) is 6.15. The molecule has 2 aromatic carbocycles. The van der Waals surface area contributed by atoms with Crippen molar-refractivity contribution in [1.29, 1.82) is 0 Å². The van der Waals surface area contributed by atoms with E-state index in [-0.39, 0.29) is 30.5 Å². The maximum Gasteiger partial charge on any atom is 0.277 e. The number of piperazine rings is 1. The summed E-state index contributed by atoms with van der Waals surface area (Å²) in [6.45, 7) is 3.81. The van der Waals surface area contributed by atoms with E-state index in [0.717, 1.165) is 41.9 Å². The van der Waals surface area contributed by atoms with Gasteiger partial charge in [-0.25, -0.2) is 4.98 Å². The number of hydrogen-bond donors (Lipinski definition) is 2. The van der Waals surface area contributed by atoms with Crippen LogP contribution in [0.5, 0.6) is 5.75 Å². The number of carbonyl (C=O) groups excluding carboxylic acids is 2. The molecule has 3 aliphatic heterocycles. The Hall–Kier alpha value is -4.39. The molecular weight excluding hydrogens is 610 g/mol. The molecular formula is C36H45N7O5. The Balaban J connectivity index is 1.05. The second kappa shape index (κ2) is 13.6. The second-order valence-corrected chi connectivity index (χ2v) is 13.3. The van der Waals surface area contributed by atoms with Crippen molar-refractivity contribution >= 4 is 17.5 Å². The van der Waals surface area contributed by atoms with Gasteiger partial charge in [-0.2, -0.15) is 0 Å². The summed E-state index contributed by atoms with van der Waals surface area (Å²) in [5.74, 6) is 0.603. The van der Waals surface area contributed by atoms with E-state index in [2.05, 4.69) is 10.2 Å². The molecule has 3 fully saturated rings. The van der Waals surface area contributed by atoms with Crippen molar-refractivity contribution in [3.63, 3.8) is 0 Å². The monoisotopic (exact) mass is 655 g/mol. The first-order chi connectivity index (χ1) is 23.4. The predicted molar refractivity (Wildman–Crippen MR) is 181 cm³/mol. The summed E-state index contributed by atoms with van der Waals surface area (Å²) < 4.78 is 13.6. The smallest absolute Gasteiger partial charge is 0.277 e. The maximum absolute atomic E-state index is 14.4. The van der Waals surface area contributed by atoms with E-state index in [1.54, 1.807) is 18.3 Å². The SMILES string of the molecule is COC[C@]1(O)CCCC[C@H]1n1cnc(C(=O)N2CCNC[C@H]2CCOc2ccc(N3CN4CN(C)C=C4C3=O)cc2)c1-c1ccccc1. The van der Waals surface area contributed by atoms with Gasteiger partial charge in [0.1, 0.15) is 23.7 Å². The predicted octanol–water partition coefficient (Wildman–Crippen LogP) is 3.28. The Bertz CT molecular complexity index is 1640. The third-order valence-electron chi connectivity index (χ3n) is 10.1. The van der Waals surface area contributed by atoms with Crippen molar-refractivity contribution in [1.82, 2.24) is 29.6 Å². The van der Waals surface area contributed by atoms with Gasteiger partial charge in [0.25, 0.3) is 11.8 Å². The molecule has 0 spiro atoms. The van der Waals surface area contributed by atoms with Crippen LogP contribution in [-0.4, -0.2) is 113 Å². The lowest BCUT2D eigenvalue weighted by Gasteiger charge is -2.41. The number of rotatable bonds is 10. The van der Waals surface area contributed by atoms with Gasteiger partial charge >= 0.3 is 0 Å². The van der Waals surface area contributed by atoms with Crippen LogP contribution < -0.4 is 15.0 Å². The van der Waals surface area contributed by atoms with E-state index in [1.807, 2.05) is 82.2 Å². The lowest BCUT2D eigenvalue weighted by molar-refractivity contribution is -0.114. The number of anilines is 1. The van der Waals surface area contributed by atoms with Crippen LogP contribution in [0.4, 0.5) is 5.69 Å². The van der Waals surface area contributed by atoms with Crippen LogP contribution in [0.25, 0.3) is 11.3 Å². The summed E-state index contributed by atoms with van der Waals surface area (Å²) >= 11 is 0.